The quantitative estimate of drug-likeness (QED) is 0.593. The van der Waals surface area contributed by atoms with Gasteiger partial charge in [0, 0.05) is 6.42 Å². The summed E-state index contributed by atoms with van der Waals surface area (Å²) < 4.78 is 4.83. The van der Waals surface area contributed by atoms with E-state index < -0.39 is 5.97 Å². The standard InChI is InChI=1S/C7H11NO4/c9-6(1-2-7(10)11)8-5-3-12-4-5/h5H,1-4H2,(H,8,9)(H,10,11). The van der Waals surface area contributed by atoms with Crippen LogP contribution in [-0.2, 0) is 14.3 Å². The van der Waals surface area contributed by atoms with Crippen LogP contribution in [0.15, 0.2) is 0 Å². The van der Waals surface area contributed by atoms with Crippen molar-refractivity contribution in [1.82, 2.24) is 5.32 Å². The van der Waals surface area contributed by atoms with Gasteiger partial charge in [-0.15, -0.1) is 0 Å². The number of rotatable bonds is 4. The fourth-order valence-corrected chi connectivity index (χ4v) is 0.839. The second-order valence-corrected chi connectivity index (χ2v) is 2.70. The zero-order chi connectivity index (χ0) is 8.97. The summed E-state index contributed by atoms with van der Waals surface area (Å²) in [5, 5.41) is 10.9. The maximum absolute atomic E-state index is 10.9. The molecule has 5 heteroatoms. The van der Waals surface area contributed by atoms with Crippen LogP contribution >= 0.6 is 0 Å². The molecule has 0 saturated carbocycles. The van der Waals surface area contributed by atoms with Gasteiger partial charge in [0.15, 0.2) is 0 Å². The number of carbonyl (C=O) groups excluding carboxylic acids is 1. The van der Waals surface area contributed by atoms with Crippen molar-refractivity contribution in [2.75, 3.05) is 13.2 Å². The Morgan fingerprint density at radius 2 is 2.08 bits per heavy atom. The van der Waals surface area contributed by atoms with Crippen LogP contribution in [0.3, 0.4) is 0 Å². The summed E-state index contributed by atoms with van der Waals surface area (Å²) in [6.45, 7) is 1.08. The van der Waals surface area contributed by atoms with E-state index >= 15 is 0 Å². The molecule has 1 rings (SSSR count). The van der Waals surface area contributed by atoms with Crippen molar-refractivity contribution in [3.63, 3.8) is 0 Å². The molecule has 1 amide bonds. The second-order valence-electron chi connectivity index (χ2n) is 2.70. The van der Waals surface area contributed by atoms with Gasteiger partial charge in [0.25, 0.3) is 0 Å². The van der Waals surface area contributed by atoms with E-state index in [-0.39, 0.29) is 24.8 Å². The minimum atomic E-state index is -0.949. The molecule has 1 heterocycles. The molecule has 0 aliphatic carbocycles. The van der Waals surface area contributed by atoms with Crippen LogP contribution in [-0.4, -0.2) is 36.2 Å². The molecular weight excluding hydrogens is 162 g/mol. The summed E-state index contributed by atoms with van der Waals surface area (Å²) in [6, 6.07) is 0.0892. The van der Waals surface area contributed by atoms with Gasteiger partial charge in [-0.1, -0.05) is 0 Å². The number of carboxylic acid groups (broad SMARTS) is 1. The highest BCUT2D eigenvalue weighted by Gasteiger charge is 2.20. The van der Waals surface area contributed by atoms with E-state index in [4.69, 9.17) is 9.84 Å². The maximum atomic E-state index is 10.9. The third kappa shape index (κ3) is 2.87. The first kappa shape index (κ1) is 8.99. The van der Waals surface area contributed by atoms with Crippen molar-refractivity contribution in [3.8, 4) is 0 Å². The van der Waals surface area contributed by atoms with Crippen LogP contribution in [0.4, 0.5) is 0 Å². The number of carboxylic acids is 1. The molecule has 1 saturated heterocycles. The fourth-order valence-electron chi connectivity index (χ4n) is 0.839. The lowest BCUT2D eigenvalue weighted by Crippen LogP contribution is -2.48. The molecule has 0 aromatic rings. The van der Waals surface area contributed by atoms with Crippen molar-refractivity contribution in [1.29, 1.82) is 0 Å². The lowest BCUT2D eigenvalue weighted by atomic mass is 10.2. The minimum absolute atomic E-state index is 0.0475. The molecule has 0 aromatic heterocycles. The first-order chi connectivity index (χ1) is 5.68. The van der Waals surface area contributed by atoms with Gasteiger partial charge in [0.2, 0.25) is 5.91 Å². The average Bonchev–Trinajstić information content (AvgIpc) is 1.93. The number of ether oxygens (including phenoxy) is 1. The van der Waals surface area contributed by atoms with Gasteiger partial charge in [0.05, 0.1) is 25.7 Å². The highest BCUT2D eigenvalue weighted by atomic mass is 16.5. The maximum Gasteiger partial charge on any atom is 0.303 e. The highest BCUT2D eigenvalue weighted by Crippen LogP contribution is 2.00. The molecule has 0 radical (unpaired) electrons. The van der Waals surface area contributed by atoms with Crippen molar-refractivity contribution in [3.05, 3.63) is 0 Å². The van der Waals surface area contributed by atoms with Crippen molar-refractivity contribution in [2.45, 2.75) is 18.9 Å². The molecule has 68 valence electrons. The first-order valence-corrected chi connectivity index (χ1v) is 3.77. The topological polar surface area (TPSA) is 75.6 Å². The Bertz CT molecular complexity index is 188. The Morgan fingerprint density at radius 3 is 2.50 bits per heavy atom. The van der Waals surface area contributed by atoms with E-state index in [0.717, 1.165) is 0 Å². The molecule has 5 nitrogen and oxygen atoms in total. The number of aliphatic carboxylic acids is 1. The summed E-state index contributed by atoms with van der Waals surface area (Å²) in [5.41, 5.74) is 0. The molecular formula is C7H11NO4. The third-order valence-electron chi connectivity index (χ3n) is 1.57. The Kier molecular flexibility index (Phi) is 3.04. The third-order valence-corrected chi connectivity index (χ3v) is 1.57. The Labute approximate surface area is 69.7 Å². The van der Waals surface area contributed by atoms with Crippen LogP contribution in [0.1, 0.15) is 12.8 Å². The van der Waals surface area contributed by atoms with E-state index in [1.165, 1.54) is 0 Å². The number of amides is 1. The monoisotopic (exact) mass is 173 g/mol. The highest BCUT2D eigenvalue weighted by molar-refractivity contribution is 5.80. The van der Waals surface area contributed by atoms with Crippen LogP contribution in [0.5, 0.6) is 0 Å². The van der Waals surface area contributed by atoms with Crippen LogP contribution in [0.25, 0.3) is 0 Å². The smallest absolute Gasteiger partial charge is 0.303 e. The molecule has 12 heavy (non-hydrogen) atoms. The predicted octanol–water partition coefficient (Wildman–Crippen LogP) is -0.634. The van der Waals surface area contributed by atoms with Crippen LogP contribution in [0, 0.1) is 0 Å². The van der Waals surface area contributed by atoms with E-state index in [0.29, 0.717) is 13.2 Å². The van der Waals surface area contributed by atoms with Gasteiger partial charge < -0.3 is 15.2 Å². The van der Waals surface area contributed by atoms with Gasteiger partial charge in [-0.05, 0) is 0 Å². The number of hydrogen-bond donors (Lipinski definition) is 2. The fraction of sp³-hybridized carbons (Fsp3) is 0.714. The zero-order valence-electron chi connectivity index (χ0n) is 6.58. The largest absolute Gasteiger partial charge is 0.481 e. The molecule has 1 aliphatic rings. The van der Waals surface area contributed by atoms with Crippen LogP contribution < -0.4 is 5.32 Å². The number of carbonyl (C=O) groups is 2. The van der Waals surface area contributed by atoms with E-state index in [9.17, 15) is 9.59 Å². The Balaban J connectivity index is 2.06. The lowest BCUT2D eigenvalue weighted by molar-refractivity contribution is -0.139. The Morgan fingerprint density at radius 1 is 1.42 bits per heavy atom. The van der Waals surface area contributed by atoms with Crippen molar-refractivity contribution in [2.24, 2.45) is 0 Å². The van der Waals surface area contributed by atoms with Gasteiger partial charge in [-0.3, -0.25) is 9.59 Å². The zero-order valence-corrected chi connectivity index (χ0v) is 6.58. The van der Waals surface area contributed by atoms with Gasteiger partial charge in [-0.2, -0.15) is 0 Å². The molecule has 2 N–H and O–H groups in total. The lowest BCUT2D eigenvalue weighted by Gasteiger charge is -2.26. The molecule has 0 aromatic carbocycles. The van der Waals surface area contributed by atoms with E-state index in [1.807, 2.05) is 0 Å². The SMILES string of the molecule is O=C(O)CCC(=O)NC1COC1. The Hall–Kier alpha value is -1.10. The first-order valence-electron chi connectivity index (χ1n) is 3.77. The van der Waals surface area contributed by atoms with Crippen molar-refractivity contribution >= 4 is 11.9 Å². The van der Waals surface area contributed by atoms with E-state index in [2.05, 4.69) is 5.32 Å². The van der Waals surface area contributed by atoms with E-state index in [1.54, 1.807) is 0 Å². The summed E-state index contributed by atoms with van der Waals surface area (Å²) >= 11 is 0. The normalized spacial score (nSPS) is 16.7. The van der Waals surface area contributed by atoms with Gasteiger partial charge in [0.1, 0.15) is 0 Å². The molecule has 1 aliphatic heterocycles. The summed E-state index contributed by atoms with van der Waals surface area (Å²) in [6.07, 6.45) is -0.0642. The summed E-state index contributed by atoms with van der Waals surface area (Å²) in [7, 11) is 0. The van der Waals surface area contributed by atoms with Gasteiger partial charge in [-0.25, -0.2) is 0 Å². The van der Waals surface area contributed by atoms with Crippen LogP contribution in [0.2, 0.25) is 0 Å². The summed E-state index contributed by atoms with van der Waals surface area (Å²) in [4.78, 5) is 21.0. The summed E-state index contributed by atoms with van der Waals surface area (Å²) in [5.74, 6) is -1.17. The predicted molar refractivity (Wildman–Crippen MR) is 39.6 cm³/mol. The number of hydrogen-bond acceptors (Lipinski definition) is 3. The van der Waals surface area contributed by atoms with Crippen molar-refractivity contribution < 1.29 is 19.4 Å². The second kappa shape index (κ2) is 4.06. The number of nitrogens with one attached hydrogen (secondary N) is 1. The average molecular weight is 173 g/mol. The molecule has 1 fully saturated rings. The molecule has 0 spiro atoms. The van der Waals surface area contributed by atoms with Gasteiger partial charge >= 0.3 is 5.97 Å². The molecule has 0 atom stereocenters. The molecule has 0 bridgehead atoms. The molecule has 0 unspecified atom stereocenters. The minimum Gasteiger partial charge on any atom is -0.481 e.